The maximum atomic E-state index is 10.9. The molecule has 3 aromatic rings. The van der Waals surface area contributed by atoms with Gasteiger partial charge >= 0.3 is 0 Å². The van der Waals surface area contributed by atoms with Gasteiger partial charge in [-0.3, -0.25) is 4.90 Å². The van der Waals surface area contributed by atoms with E-state index in [1.807, 2.05) is 25.1 Å². The number of aryl methyl sites for hydroxylation is 1. The van der Waals surface area contributed by atoms with Crippen molar-refractivity contribution in [3.8, 4) is 5.88 Å². The summed E-state index contributed by atoms with van der Waals surface area (Å²) in [7, 11) is 0. The molecule has 0 bridgehead atoms. The topological polar surface area (TPSA) is 53.7 Å². The van der Waals surface area contributed by atoms with Gasteiger partial charge in [0.1, 0.15) is 0 Å². The zero-order valence-electron chi connectivity index (χ0n) is 15.0. The zero-order chi connectivity index (χ0) is 18.3. The number of benzene rings is 1. The van der Waals surface area contributed by atoms with E-state index in [4.69, 9.17) is 11.6 Å². The number of fused-ring (bicyclic) bond motifs is 1. The van der Waals surface area contributed by atoms with Gasteiger partial charge in [0, 0.05) is 18.0 Å². The van der Waals surface area contributed by atoms with Crippen molar-refractivity contribution in [2.75, 3.05) is 13.1 Å². The number of halogens is 1. The highest BCUT2D eigenvalue weighted by Crippen LogP contribution is 2.43. The van der Waals surface area contributed by atoms with Crippen LogP contribution < -0.4 is 0 Å². The molecule has 1 aliphatic rings. The second-order valence-corrected chi connectivity index (χ2v) is 8.45. The van der Waals surface area contributed by atoms with E-state index in [1.54, 1.807) is 4.52 Å². The van der Waals surface area contributed by atoms with Crippen LogP contribution in [0.15, 0.2) is 24.3 Å². The second-order valence-electron chi connectivity index (χ2n) is 7.03. The minimum atomic E-state index is -0.0787. The third-order valence-electron chi connectivity index (χ3n) is 5.06. The van der Waals surface area contributed by atoms with Crippen molar-refractivity contribution in [2.24, 2.45) is 5.92 Å². The van der Waals surface area contributed by atoms with Gasteiger partial charge in [-0.15, -0.1) is 5.10 Å². The summed E-state index contributed by atoms with van der Waals surface area (Å²) in [4.78, 5) is 8.56. The van der Waals surface area contributed by atoms with Crippen LogP contribution in [-0.4, -0.2) is 37.7 Å². The SMILES string of the molecule is CCc1nc2sc([C@H](c3ccccc3Cl)N3CCC[C@@H](C)C3)c(O)n2n1. The number of nitrogens with zero attached hydrogens (tertiary/aromatic N) is 4. The Morgan fingerprint density at radius 1 is 1.38 bits per heavy atom. The molecule has 1 aromatic carbocycles. The van der Waals surface area contributed by atoms with E-state index in [-0.39, 0.29) is 11.9 Å². The molecule has 1 saturated heterocycles. The molecule has 1 aliphatic heterocycles. The van der Waals surface area contributed by atoms with Gasteiger partial charge in [-0.2, -0.15) is 4.52 Å². The van der Waals surface area contributed by atoms with Crippen LogP contribution in [0.1, 0.15) is 49.0 Å². The van der Waals surface area contributed by atoms with E-state index in [9.17, 15) is 5.11 Å². The van der Waals surface area contributed by atoms with Crippen LogP contribution in [0.2, 0.25) is 5.02 Å². The number of aromatic hydroxyl groups is 1. The summed E-state index contributed by atoms with van der Waals surface area (Å²) in [5.41, 5.74) is 1.03. The highest BCUT2D eigenvalue weighted by atomic mass is 35.5. The Morgan fingerprint density at radius 3 is 2.88 bits per heavy atom. The van der Waals surface area contributed by atoms with Gasteiger partial charge in [0.05, 0.1) is 10.9 Å². The van der Waals surface area contributed by atoms with Crippen LogP contribution in [0, 0.1) is 5.92 Å². The second kappa shape index (κ2) is 7.18. The third-order valence-corrected chi connectivity index (χ3v) is 6.48. The van der Waals surface area contributed by atoms with Gasteiger partial charge < -0.3 is 5.11 Å². The molecule has 2 aromatic heterocycles. The van der Waals surface area contributed by atoms with Gasteiger partial charge in [-0.1, -0.05) is 55.0 Å². The lowest BCUT2D eigenvalue weighted by Gasteiger charge is -2.37. The zero-order valence-corrected chi connectivity index (χ0v) is 16.6. The summed E-state index contributed by atoms with van der Waals surface area (Å²) in [6.45, 7) is 6.28. The van der Waals surface area contributed by atoms with Crippen LogP contribution in [0.4, 0.5) is 0 Å². The fraction of sp³-hybridized carbons (Fsp3) is 0.474. The number of piperidine rings is 1. The predicted octanol–water partition coefficient (Wildman–Crippen LogP) is 4.53. The fourth-order valence-electron chi connectivity index (χ4n) is 3.78. The summed E-state index contributed by atoms with van der Waals surface area (Å²) in [5, 5.41) is 16.1. The molecule has 0 unspecified atom stereocenters. The molecule has 4 rings (SSSR count). The average molecular weight is 391 g/mol. The maximum absolute atomic E-state index is 10.9. The molecule has 138 valence electrons. The summed E-state index contributed by atoms with van der Waals surface area (Å²) in [6, 6.07) is 7.84. The van der Waals surface area contributed by atoms with Gasteiger partial charge in [0.2, 0.25) is 10.8 Å². The number of likely N-dealkylation sites (tertiary alicyclic amines) is 1. The van der Waals surface area contributed by atoms with Crippen molar-refractivity contribution in [1.29, 1.82) is 0 Å². The maximum Gasteiger partial charge on any atom is 0.230 e. The molecule has 2 atom stereocenters. The van der Waals surface area contributed by atoms with Gasteiger partial charge in [0.25, 0.3) is 0 Å². The molecule has 1 fully saturated rings. The van der Waals surface area contributed by atoms with Gasteiger partial charge in [-0.25, -0.2) is 4.98 Å². The summed E-state index contributed by atoms with van der Waals surface area (Å²) in [6.07, 6.45) is 3.15. The van der Waals surface area contributed by atoms with Gasteiger partial charge in [-0.05, 0) is 36.9 Å². The van der Waals surface area contributed by atoms with E-state index in [0.717, 1.165) is 52.2 Å². The van der Waals surface area contributed by atoms with Crippen molar-refractivity contribution < 1.29 is 5.11 Å². The molecule has 3 heterocycles. The molecular formula is C19H23ClN4OS. The normalized spacial score (nSPS) is 19.9. The number of hydrogen-bond donors (Lipinski definition) is 1. The molecule has 0 aliphatic carbocycles. The van der Waals surface area contributed by atoms with E-state index < -0.39 is 0 Å². The first kappa shape index (κ1) is 17.8. The monoisotopic (exact) mass is 390 g/mol. The Morgan fingerprint density at radius 2 is 2.19 bits per heavy atom. The number of aromatic nitrogens is 3. The van der Waals surface area contributed by atoms with Gasteiger partial charge in [0.15, 0.2) is 5.82 Å². The summed E-state index contributed by atoms with van der Waals surface area (Å²) in [5.74, 6) is 1.56. The Kier molecular flexibility index (Phi) is 4.90. The smallest absolute Gasteiger partial charge is 0.230 e. The number of hydrogen-bond acceptors (Lipinski definition) is 5. The molecule has 5 nitrogen and oxygen atoms in total. The van der Waals surface area contributed by atoms with E-state index in [1.165, 1.54) is 17.8 Å². The highest BCUT2D eigenvalue weighted by molar-refractivity contribution is 7.17. The first-order chi connectivity index (χ1) is 12.6. The standard InChI is InChI=1S/C19H23ClN4OS/c1-3-15-21-19-24(22-15)18(25)17(26-19)16(13-8-4-5-9-14(13)20)23-10-6-7-12(2)11-23/h4-5,8-9,12,16,25H,3,6-7,10-11H2,1-2H3/t12-,16+/m1/s1. The van der Waals surface area contributed by atoms with Crippen molar-refractivity contribution in [1.82, 2.24) is 19.5 Å². The highest BCUT2D eigenvalue weighted by Gasteiger charge is 2.32. The van der Waals surface area contributed by atoms with E-state index in [2.05, 4.69) is 28.0 Å². The number of rotatable bonds is 4. The molecule has 0 amide bonds. The molecule has 26 heavy (non-hydrogen) atoms. The minimum Gasteiger partial charge on any atom is -0.492 e. The molecule has 0 spiro atoms. The Bertz CT molecular complexity index is 922. The van der Waals surface area contributed by atoms with Crippen LogP contribution in [0.3, 0.4) is 0 Å². The molecular weight excluding hydrogens is 368 g/mol. The van der Waals surface area contributed by atoms with Crippen molar-refractivity contribution in [3.63, 3.8) is 0 Å². The average Bonchev–Trinajstić information content (AvgIpc) is 3.17. The fourth-order valence-corrected chi connectivity index (χ4v) is 5.15. The Hall–Kier alpha value is -1.63. The third kappa shape index (κ3) is 3.10. The van der Waals surface area contributed by atoms with E-state index >= 15 is 0 Å². The van der Waals surface area contributed by atoms with Crippen molar-refractivity contribution in [3.05, 3.63) is 45.6 Å². The van der Waals surface area contributed by atoms with Crippen LogP contribution in [0.5, 0.6) is 5.88 Å². The largest absolute Gasteiger partial charge is 0.492 e. The van der Waals surface area contributed by atoms with Crippen LogP contribution in [-0.2, 0) is 6.42 Å². The summed E-state index contributed by atoms with van der Waals surface area (Å²) >= 11 is 8.06. The predicted molar refractivity (Wildman–Crippen MR) is 105 cm³/mol. The lowest BCUT2D eigenvalue weighted by Crippen LogP contribution is -2.37. The molecule has 7 heteroatoms. The molecule has 0 radical (unpaired) electrons. The summed E-state index contributed by atoms with van der Waals surface area (Å²) < 4.78 is 1.57. The van der Waals surface area contributed by atoms with Crippen molar-refractivity contribution >= 4 is 27.9 Å². The van der Waals surface area contributed by atoms with Crippen molar-refractivity contribution in [2.45, 2.75) is 39.2 Å². The minimum absolute atomic E-state index is 0.0787. The first-order valence-corrected chi connectivity index (χ1v) is 10.3. The van der Waals surface area contributed by atoms with E-state index in [0.29, 0.717) is 5.92 Å². The first-order valence-electron chi connectivity index (χ1n) is 9.14. The molecule has 0 saturated carbocycles. The quantitative estimate of drug-likeness (QED) is 0.710. The lowest BCUT2D eigenvalue weighted by atomic mass is 9.95. The van der Waals surface area contributed by atoms with Crippen LogP contribution in [0.25, 0.3) is 4.96 Å². The Balaban J connectivity index is 1.84. The Labute approximate surface area is 162 Å². The van der Waals surface area contributed by atoms with Crippen LogP contribution >= 0.6 is 22.9 Å². The lowest BCUT2D eigenvalue weighted by molar-refractivity contribution is 0.149. The molecule has 1 N–H and O–H groups in total. The number of thiazole rings is 1.